The molecule has 0 unspecified atom stereocenters. The number of aromatic nitrogens is 2. The van der Waals surface area contributed by atoms with Crippen molar-refractivity contribution in [3.8, 4) is 0 Å². The number of pyridine rings is 2. The molecule has 0 aromatic carbocycles. The van der Waals surface area contributed by atoms with E-state index in [1.165, 1.54) is 5.56 Å². The van der Waals surface area contributed by atoms with Crippen molar-refractivity contribution >= 4 is 5.82 Å². The summed E-state index contributed by atoms with van der Waals surface area (Å²) in [4.78, 5) is 10.9. The molecule has 0 saturated carbocycles. The predicted molar refractivity (Wildman–Crippen MR) is 73.2 cm³/mol. The van der Waals surface area contributed by atoms with Gasteiger partial charge >= 0.3 is 0 Å². The average molecular weight is 242 g/mol. The lowest BCUT2D eigenvalue weighted by Gasteiger charge is -2.17. The zero-order valence-corrected chi connectivity index (χ0v) is 10.8. The second-order valence-electron chi connectivity index (χ2n) is 4.25. The Bertz CT molecular complexity index is 484. The molecule has 0 atom stereocenters. The van der Waals surface area contributed by atoms with Crippen molar-refractivity contribution in [2.45, 2.75) is 13.1 Å². The molecule has 0 saturated heterocycles. The van der Waals surface area contributed by atoms with Crippen LogP contribution in [0.2, 0.25) is 0 Å². The molecule has 2 heterocycles. The van der Waals surface area contributed by atoms with Gasteiger partial charge in [-0.05, 0) is 25.2 Å². The molecular weight excluding hydrogens is 224 g/mol. The molecule has 4 heteroatoms. The van der Waals surface area contributed by atoms with Gasteiger partial charge in [0.25, 0.3) is 0 Å². The van der Waals surface area contributed by atoms with Gasteiger partial charge in [-0.1, -0.05) is 12.1 Å². The first-order valence-electron chi connectivity index (χ1n) is 5.99. The third-order valence-electron chi connectivity index (χ3n) is 2.73. The molecule has 0 aliphatic heterocycles. The summed E-state index contributed by atoms with van der Waals surface area (Å²) in [6.07, 6.45) is 3.63. The summed E-state index contributed by atoms with van der Waals surface area (Å²) in [5, 5.41) is 3.11. The molecule has 1 N–H and O–H groups in total. The summed E-state index contributed by atoms with van der Waals surface area (Å²) in [5.41, 5.74) is 2.27. The van der Waals surface area contributed by atoms with Crippen LogP contribution in [-0.4, -0.2) is 29.0 Å². The topological polar surface area (TPSA) is 41.1 Å². The van der Waals surface area contributed by atoms with Crippen LogP contribution in [0.5, 0.6) is 0 Å². The normalized spacial score (nSPS) is 10.6. The van der Waals surface area contributed by atoms with E-state index in [0.29, 0.717) is 0 Å². The van der Waals surface area contributed by atoms with Crippen molar-refractivity contribution in [2.24, 2.45) is 0 Å². The van der Waals surface area contributed by atoms with Crippen LogP contribution >= 0.6 is 0 Å². The Morgan fingerprint density at radius 3 is 2.61 bits per heavy atom. The third-order valence-corrected chi connectivity index (χ3v) is 2.73. The minimum Gasteiger partial charge on any atom is -0.373 e. The number of anilines is 1. The van der Waals surface area contributed by atoms with E-state index in [1.807, 2.05) is 37.5 Å². The van der Waals surface area contributed by atoms with E-state index in [-0.39, 0.29) is 0 Å². The molecule has 0 spiro atoms. The standard InChI is InChI=1S/C14H18N4/c1-15-14-12(6-5-9-17-14)10-18(2)11-13-7-3-4-8-16-13/h3-9H,10-11H2,1-2H3,(H,15,17). The van der Waals surface area contributed by atoms with Gasteiger partial charge in [-0.25, -0.2) is 4.98 Å². The zero-order chi connectivity index (χ0) is 12.8. The van der Waals surface area contributed by atoms with Crippen LogP contribution in [0.4, 0.5) is 5.82 Å². The Hall–Kier alpha value is -1.94. The Morgan fingerprint density at radius 1 is 1.06 bits per heavy atom. The quantitative estimate of drug-likeness (QED) is 0.872. The average Bonchev–Trinajstić information content (AvgIpc) is 2.40. The Morgan fingerprint density at radius 2 is 1.89 bits per heavy atom. The van der Waals surface area contributed by atoms with E-state index in [2.05, 4.69) is 33.3 Å². The maximum Gasteiger partial charge on any atom is 0.130 e. The van der Waals surface area contributed by atoms with Gasteiger partial charge in [0, 0.05) is 38.1 Å². The fraction of sp³-hybridized carbons (Fsp3) is 0.286. The highest BCUT2D eigenvalue weighted by Gasteiger charge is 2.06. The van der Waals surface area contributed by atoms with Crippen molar-refractivity contribution in [3.63, 3.8) is 0 Å². The van der Waals surface area contributed by atoms with E-state index in [9.17, 15) is 0 Å². The molecule has 0 aliphatic rings. The van der Waals surface area contributed by atoms with Gasteiger partial charge in [-0.2, -0.15) is 0 Å². The number of hydrogen-bond donors (Lipinski definition) is 1. The van der Waals surface area contributed by atoms with Crippen LogP contribution in [0.1, 0.15) is 11.3 Å². The molecule has 0 aliphatic carbocycles. The van der Waals surface area contributed by atoms with Crippen LogP contribution in [0, 0.1) is 0 Å². The lowest BCUT2D eigenvalue weighted by molar-refractivity contribution is 0.315. The van der Waals surface area contributed by atoms with Crippen molar-refractivity contribution in [2.75, 3.05) is 19.4 Å². The highest BCUT2D eigenvalue weighted by Crippen LogP contribution is 2.13. The third kappa shape index (κ3) is 3.28. The molecule has 0 amide bonds. The van der Waals surface area contributed by atoms with Gasteiger partial charge in [0.2, 0.25) is 0 Å². The maximum atomic E-state index is 4.33. The Kier molecular flexibility index (Phi) is 4.25. The van der Waals surface area contributed by atoms with Gasteiger partial charge in [0.05, 0.1) is 5.69 Å². The van der Waals surface area contributed by atoms with Crippen LogP contribution in [0.3, 0.4) is 0 Å². The molecule has 2 aromatic rings. The fourth-order valence-corrected chi connectivity index (χ4v) is 1.91. The minimum atomic E-state index is 0.832. The summed E-state index contributed by atoms with van der Waals surface area (Å²) in [6, 6.07) is 10.0. The van der Waals surface area contributed by atoms with Gasteiger partial charge in [-0.3, -0.25) is 9.88 Å². The van der Waals surface area contributed by atoms with E-state index in [1.54, 1.807) is 6.20 Å². The first kappa shape index (κ1) is 12.5. The van der Waals surface area contributed by atoms with E-state index < -0.39 is 0 Å². The van der Waals surface area contributed by atoms with E-state index in [0.717, 1.165) is 24.6 Å². The Labute approximate surface area is 108 Å². The summed E-state index contributed by atoms with van der Waals surface area (Å²) in [6.45, 7) is 1.68. The second kappa shape index (κ2) is 6.12. The first-order valence-corrected chi connectivity index (χ1v) is 5.99. The van der Waals surface area contributed by atoms with Gasteiger partial charge in [0.1, 0.15) is 5.82 Å². The van der Waals surface area contributed by atoms with Crippen molar-refractivity contribution < 1.29 is 0 Å². The summed E-state index contributed by atoms with van der Waals surface area (Å²) in [7, 11) is 3.98. The number of rotatable bonds is 5. The molecule has 4 nitrogen and oxygen atoms in total. The summed E-state index contributed by atoms with van der Waals surface area (Å²) < 4.78 is 0. The predicted octanol–water partition coefficient (Wildman–Crippen LogP) is 2.15. The molecule has 2 rings (SSSR count). The van der Waals surface area contributed by atoms with Gasteiger partial charge in [-0.15, -0.1) is 0 Å². The smallest absolute Gasteiger partial charge is 0.130 e. The van der Waals surface area contributed by atoms with Crippen LogP contribution in [-0.2, 0) is 13.1 Å². The molecular formula is C14H18N4. The molecule has 18 heavy (non-hydrogen) atoms. The van der Waals surface area contributed by atoms with E-state index in [4.69, 9.17) is 0 Å². The molecule has 94 valence electrons. The number of nitrogens with zero attached hydrogens (tertiary/aromatic N) is 3. The molecule has 0 radical (unpaired) electrons. The first-order chi connectivity index (χ1) is 8.79. The maximum absolute atomic E-state index is 4.33. The summed E-state index contributed by atoms with van der Waals surface area (Å²) >= 11 is 0. The van der Waals surface area contributed by atoms with Crippen molar-refractivity contribution in [1.82, 2.24) is 14.9 Å². The summed E-state index contributed by atoms with van der Waals surface area (Å²) in [5.74, 6) is 0.936. The van der Waals surface area contributed by atoms with E-state index >= 15 is 0 Å². The van der Waals surface area contributed by atoms with Crippen molar-refractivity contribution in [1.29, 1.82) is 0 Å². The molecule has 0 fully saturated rings. The van der Waals surface area contributed by atoms with Crippen LogP contribution in [0.25, 0.3) is 0 Å². The van der Waals surface area contributed by atoms with Gasteiger partial charge in [0.15, 0.2) is 0 Å². The highest BCUT2D eigenvalue weighted by molar-refractivity contribution is 5.42. The monoisotopic (exact) mass is 242 g/mol. The Balaban J connectivity index is 2.01. The largest absolute Gasteiger partial charge is 0.373 e. The lowest BCUT2D eigenvalue weighted by Crippen LogP contribution is -2.18. The van der Waals surface area contributed by atoms with Crippen LogP contribution < -0.4 is 5.32 Å². The molecule has 2 aromatic heterocycles. The number of nitrogens with one attached hydrogen (secondary N) is 1. The number of hydrogen-bond acceptors (Lipinski definition) is 4. The zero-order valence-electron chi connectivity index (χ0n) is 10.8. The van der Waals surface area contributed by atoms with Gasteiger partial charge < -0.3 is 5.32 Å². The SMILES string of the molecule is CNc1ncccc1CN(C)Cc1ccccn1. The van der Waals surface area contributed by atoms with Crippen LogP contribution in [0.15, 0.2) is 42.7 Å². The second-order valence-corrected chi connectivity index (χ2v) is 4.25. The highest BCUT2D eigenvalue weighted by atomic mass is 15.1. The fourth-order valence-electron chi connectivity index (χ4n) is 1.91. The molecule has 0 bridgehead atoms. The van der Waals surface area contributed by atoms with Crippen molar-refractivity contribution in [3.05, 3.63) is 54.0 Å². The minimum absolute atomic E-state index is 0.832. The lowest BCUT2D eigenvalue weighted by atomic mass is 10.2.